The van der Waals surface area contributed by atoms with E-state index in [1.807, 2.05) is 13.8 Å². The Hall–Kier alpha value is -0.950. The van der Waals surface area contributed by atoms with Crippen LogP contribution < -0.4 is 0 Å². The lowest BCUT2D eigenvalue weighted by Gasteiger charge is -2.23. The Morgan fingerprint density at radius 3 is 2.67 bits per heavy atom. The van der Waals surface area contributed by atoms with Crippen LogP contribution in [0.4, 0.5) is 0 Å². The lowest BCUT2D eigenvalue weighted by Crippen LogP contribution is -2.33. The average molecular weight is 258 g/mol. The van der Waals surface area contributed by atoms with Crippen molar-refractivity contribution in [2.24, 2.45) is 0 Å². The summed E-state index contributed by atoms with van der Waals surface area (Å²) in [5.74, 6) is -1.18. The topological polar surface area (TPSA) is 63.2 Å². The third kappa shape index (κ3) is 2.56. The maximum Gasteiger partial charge on any atom is 0.330 e. The monoisotopic (exact) mass is 258 g/mol. The third-order valence-corrected chi connectivity index (χ3v) is 2.90. The molecule has 2 fully saturated rings. The van der Waals surface area contributed by atoms with Gasteiger partial charge in [0.05, 0.1) is 0 Å². The van der Waals surface area contributed by atoms with E-state index in [1.165, 1.54) is 7.11 Å². The van der Waals surface area contributed by atoms with Gasteiger partial charge >= 0.3 is 5.97 Å². The molecule has 2 aliphatic heterocycles. The van der Waals surface area contributed by atoms with E-state index in [0.29, 0.717) is 0 Å². The summed E-state index contributed by atoms with van der Waals surface area (Å²) in [6.45, 7) is 7.07. The number of fused-ring (bicyclic) bond motifs is 1. The fourth-order valence-corrected chi connectivity index (χ4v) is 2.19. The predicted molar refractivity (Wildman–Crippen MR) is 60.7 cm³/mol. The van der Waals surface area contributed by atoms with Gasteiger partial charge in [-0.1, -0.05) is 6.58 Å². The van der Waals surface area contributed by atoms with Gasteiger partial charge in [0.1, 0.15) is 24.9 Å². The normalized spacial score (nSPS) is 37.3. The Bertz CT molecular complexity index is 339. The molecule has 0 aromatic heterocycles. The quantitative estimate of drug-likeness (QED) is 0.544. The summed E-state index contributed by atoms with van der Waals surface area (Å²) in [4.78, 5) is 11.0. The molecule has 2 saturated heterocycles. The summed E-state index contributed by atoms with van der Waals surface area (Å²) in [6.07, 6.45) is -0.411. The zero-order valence-electron chi connectivity index (χ0n) is 10.8. The van der Waals surface area contributed by atoms with Crippen molar-refractivity contribution in [3.8, 4) is 0 Å². The number of rotatable bonds is 4. The Labute approximate surface area is 106 Å². The summed E-state index contributed by atoms with van der Waals surface area (Å²) < 4.78 is 27.2. The van der Waals surface area contributed by atoms with Crippen molar-refractivity contribution >= 4 is 5.97 Å². The van der Waals surface area contributed by atoms with Gasteiger partial charge in [0.15, 0.2) is 12.1 Å². The largest absolute Gasteiger partial charge is 0.460 e. The zero-order chi connectivity index (χ0) is 13.3. The lowest BCUT2D eigenvalue weighted by atomic mass is 10.1. The molecular weight excluding hydrogens is 240 g/mol. The number of carbonyl (C=O) groups excluding carboxylic acids is 1. The third-order valence-electron chi connectivity index (χ3n) is 2.90. The van der Waals surface area contributed by atoms with E-state index in [-0.39, 0.29) is 18.8 Å². The van der Waals surface area contributed by atoms with E-state index in [4.69, 9.17) is 23.7 Å². The van der Waals surface area contributed by atoms with Crippen LogP contribution in [0.25, 0.3) is 0 Å². The van der Waals surface area contributed by atoms with E-state index in [2.05, 4.69) is 6.58 Å². The van der Waals surface area contributed by atoms with E-state index in [1.54, 1.807) is 0 Å². The minimum absolute atomic E-state index is 0.0886. The second kappa shape index (κ2) is 4.97. The smallest absolute Gasteiger partial charge is 0.330 e. The second-order valence-electron chi connectivity index (χ2n) is 4.68. The number of hydrogen-bond acceptors (Lipinski definition) is 6. The summed E-state index contributed by atoms with van der Waals surface area (Å²) >= 11 is 0. The fourth-order valence-electron chi connectivity index (χ4n) is 2.19. The Kier molecular flexibility index (Phi) is 3.72. The molecule has 0 amide bonds. The minimum Gasteiger partial charge on any atom is -0.460 e. The maximum absolute atomic E-state index is 11.0. The van der Waals surface area contributed by atoms with Crippen molar-refractivity contribution in [1.29, 1.82) is 0 Å². The first-order valence-corrected chi connectivity index (χ1v) is 5.80. The zero-order valence-corrected chi connectivity index (χ0v) is 10.8. The van der Waals surface area contributed by atoms with Crippen LogP contribution in [0.5, 0.6) is 0 Å². The molecule has 1 unspecified atom stereocenters. The van der Waals surface area contributed by atoms with Crippen molar-refractivity contribution < 1.29 is 28.5 Å². The van der Waals surface area contributed by atoms with Gasteiger partial charge in [0.2, 0.25) is 0 Å². The molecule has 2 rings (SSSR count). The molecule has 0 aromatic rings. The second-order valence-corrected chi connectivity index (χ2v) is 4.68. The highest BCUT2D eigenvalue weighted by Gasteiger charge is 2.55. The lowest BCUT2D eigenvalue weighted by molar-refractivity contribution is -0.231. The number of esters is 1. The molecule has 6 nitrogen and oxygen atoms in total. The average Bonchev–Trinajstić information content (AvgIpc) is 2.79. The van der Waals surface area contributed by atoms with Crippen LogP contribution in [-0.2, 0) is 28.5 Å². The molecule has 2 aliphatic rings. The van der Waals surface area contributed by atoms with Crippen LogP contribution >= 0.6 is 0 Å². The molecular formula is C12H18O6. The highest BCUT2D eigenvalue weighted by molar-refractivity contribution is 5.81. The molecule has 102 valence electrons. The van der Waals surface area contributed by atoms with E-state index in [9.17, 15) is 4.79 Å². The van der Waals surface area contributed by atoms with Gasteiger partial charge in [-0.05, 0) is 13.8 Å². The maximum atomic E-state index is 11.0. The van der Waals surface area contributed by atoms with Crippen LogP contribution in [-0.4, -0.2) is 50.1 Å². The highest BCUT2D eigenvalue weighted by Crippen LogP contribution is 2.38. The van der Waals surface area contributed by atoms with Crippen LogP contribution in [0.1, 0.15) is 13.8 Å². The van der Waals surface area contributed by atoms with Crippen molar-refractivity contribution in [3.63, 3.8) is 0 Å². The van der Waals surface area contributed by atoms with Gasteiger partial charge in [-0.2, -0.15) is 0 Å². The Morgan fingerprint density at radius 1 is 1.39 bits per heavy atom. The van der Waals surface area contributed by atoms with Gasteiger partial charge in [0, 0.05) is 13.2 Å². The molecule has 0 saturated carbocycles. The highest BCUT2D eigenvalue weighted by atomic mass is 16.8. The first-order valence-electron chi connectivity index (χ1n) is 5.80. The summed E-state index contributed by atoms with van der Waals surface area (Å²) in [6, 6.07) is 0. The molecule has 4 atom stereocenters. The van der Waals surface area contributed by atoms with Crippen molar-refractivity contribution in [3.05, 3.63) is 12.7 Å². The molecule has 18 heavy (non-hydrogen) atoms. The molecule has 0 aromatic carbocycles. The molecule has 0 N–H and O–H groups in total. The number of hydrogen-bond donors (Lipinski definition) is 0. The molecule has 6 heteroatoms. The fraction of sp³-hybridized carbons (Fsp3) is 0.750. The number of ether oxygens (including phenoxy) is 5. The molecule has 0 spiro atoms. The predicted octanol–water partition coefficient (Wildman–Crippen LogP) is 0.607. The van der Waals surface area contributed by atoms with Crippen LogP contribution in [0.2, 0.25) is 0 Å². The van der Waals surface area contributed by atoms with Crippen molar-refractivity contribution in [2.75, 3.05) is 13.7 Å². The summed E-state index contributed by atoms with van der Waals surface area (Å²) in [5, 5.41) is 0. The first-order chi connectivity index (χ1) is 8.46. The Balaban J connectivity index is 2.00. The van der Waals surface area contributed by atoms with E-state index < -0.39 is 24.2 Å². The molecule has 0 radical (unpaired) electrons. The van der Waals surface area contributed by atoms with Gasteiger partial charge in [-0.3, -0.25) is 0 Å². The first kappa shape index (κ1) is 13.5. The SMILES string of the molecule is C=CC(=O)OC[C@H]1O[C@@H](OC)C2OC(C)(C)O[C@H]21. The minimum atomic E-state index is -0.684. The summed E-state index contributed by atoms with van der Waals surface area (Å²) in [5.41, 5.74) is 0. The van der Waals surface area contributed by atoms with Crippen LogP contribution in [0.3, 0.4) is 0 Å². The van der Waals surface area contributed by atoms with Gasteiger partial charge in [-0.15, -0.1) is 0 Å². The van der Waals surface area contributed by atoms with Crippen molar-refractivity contribution in [2.45, 2.75) is 44.2 Å². The van der Waals surface area contributed by atoms with Gasteiger partial charge in [-0.25, -0.2) is 4.79 Å². The van der Waals surface area contributed by atoms with E-state index in [0.717, 1.165) is 6.08 Å². The molecule has 0 aliphatic carbocycles. The standard InChI is InChI=1S/C12H18O6/c1-5-8(13)15-6-7-9-10(11(14-4)16-7)18-12(2,3)17-9/h5,7,9-11H,1,6H2,2-4H3/t7-,9+,10?,11-/m1/s1. The molecule has 0 bridgehead atoms. The van der Waals surface area contributed by atoms with Gasteiger partial charge < -0.3 is 23.7 Å². The Morgan fingerprint density at radius 2 is 2.06 bits per heavy atom. The van der Waals surface area contributed by atoms with Crippen LogP contribution in [0, 0.1) is 0 Å². The van der Waals surface area contributed by atoms with Crippen LogP contribution in [0.15, 0.2) is 12.7 Å². The van der Waals surface area contributed by atoms with E-state index >= 15 is 0 Å². The molecule has 2 heterocycles. The van der Waals surface area contributed by atoms with Gasteiger partial charge in [0.25, 0.3) is 0 Å². The van der Waals surface area contributed by atoms with Crippen molar-refractivity contribution in [1.82, 2.24) is 0 Å². The summed E-state index contributed by atoms with van der Waals surface area (Å²) in [7, 11) is 1.54. The number of carbonyl (C=O) groups is 1. The number of methoxy groups -OCH3 is 1.